The van der Waals surface area contributed by atoms with E-state index in [2.05, 4.69) is 27.4 Å². The van der Waals surface area contributed by atoms with E-state index in [0.717, 1.165) is 55.6 Å². The number of likely N-dealkylation sites (tertiary alicyclic amines) is 1. The molecule has 1 saturated heterocycles. The van der Waals surface area contributed by atoms with E-state index in [0.29, 0.717) is 22.8 Å². The Kier molecular flexibility index (Phi) is 8.54. The first-order valence-corrected chi connectivity index (χ1v) is 13.6. The number of aromatic nitrogens is 1. The molecule has 0 amide bonds. The fraction of sp³-hybridized carbons (Fsp3) is 0.480. The van der Waals surface area contributed by atoms with E-state index >= 15 is 0 Å². The standard InChI is InChI=1S/C25H31ClN2O3S2/c1-31-18-4-5-21-19(15-18)24(20(26)16-27-21)22(30)6-7-25(17-29)8-10-28(11-9-25)12-14-33-23-3-2-13-32-23/h2-5,13,15-16,22,29-30H,6-12,14,17H2,1H3. The molecule has 0 bridgehead atoms. The van der Waals surface area contributed by atoms with Crippen LogP contribution < -0.4 is 4.74 Å². The summed E-state index contributed by atoms with van der Waals surface area (Å²) in [6, 6.07) is 9.87. The zero-order chi connectivity index (χ0) is 23.3. The summed E-state index contributed by atoms with van der Waals surface area (Å²) in [7, 11) is 1.62. The van der Waals surface area contributed by atoms with Crippen molar-refractivity contribution in [3.63, 3.8) is 0 Å². The van der Waals surface area contributed by atoms with E-state index in [1.54, 1.807) is 24.6 Å². The number of aliphatic hydroxyl groups excluding tert-OH is 2. The molecule has 3 aromatic rings. The average Bonchev–Trinajstić information content (AvgIpc) is 3.36. The van der Waals surface area contributed by atoms with Crippen molar-refractivity contribution >= 4 is 45.6 Å². The lowest BCUT2D eigenvalue weighted by Gasteiger charge is -2.41. The number of halogens is 1. The van der Waals surface area contributed by atoms with E-state index in [-0.39, 0.29) is 12.0 Å². The zero-order valence-corrected chi connectivity index (χ0v) is 21.3. The first kappa shape index (κ1) is 24.8. The number of ether oxygens (including phenoxy) is 1. The quantitative estimate of drug-likeness (QED) is 0.347. The molecule has 0 saturated carbocycles. The van der Waals surface area contributed by atoms with Gasteiger partial charge < -0.3 is 19.8 Å². The summed E-state index contributed by atoms with van der Waals surface area (Å²) in [6.45, 7) is 3.18. The highest BCUT2D eigenvalue weighted by molar-refractivity contribution is 8.01. The first-order valence-electron chi connectivity index (χ1n) is 11.3. The molecule has 5 nitrogen and oxygen atoms in total. The number of hydrogen-bond acceptors (Lipinski definition) is 7. The van der Waals surface area contributed by atoms with E-state index < -0.39 is 6.10 Å². The number of piperidine rings is 1. The summed E-state index contributed by atoms with van der Waals surface area (Å²) in [5.74, 6) is 1.79. The van der Waals surface area contributed by atoms with Crippen molar-refractivity contribution in [2.24, 2.45) is 5.41 Å². The Morgan fingerprint density at radius 1 is 1.30 bits per heavy atom. The van der Waals surface area contributed by atoms with E-state index in [1.807, 2.05) is 30.0 Å². The second-order valence-electron chi connectivity index (χ2n) is 8.74. The van der Waals surface area contributed by atoms with Gasteiger partial charge in [-0.2, -0.15) is 0 Å². The maximum Gasteiger partial charge on any atom is 0.119 e. The highest BCUT2D eigenvalue weighted by Crippen LogP contribution is 2.40. The molecule has 3 heterocycles. The summed E-state index contributed by atoms with van der Waals surface area (Å²) < 4.78 is 6.72. The van der Waals surface area contributed by atoms with Crippen LogP contribution in [0.1, 0.15) is 37.4 Å². The number of methoxy groups -OCH3 is 1. The van der Waals surface area contributed by atoms with Crippen LogP contribution in [0, 0.1) is 5.41 Å². The van der Waals surface area contributed by atoms with Gasteiger partial charge in [0, 0.05) is 36.1 Å². The number of thiophene rings is 1. The monoisotopic (exact) mass is 506 g/mol. The molecule has 2 N–H and O–H groups in total. The van der Waals surface area contributed by atoms with Crippen LogP contribution in [0.25, 0.3) is 10.9 Å². The molecular weight excluding hydrogens is 476 g/mol. The molecule has 0 radical (unpaired) electrons. The van der Waals surface area contributed by atoms with Crippen molar-refractivity contribution in [2.75, 3.05) is 39.1 Å². The topological polar surface area (TPSA) is 65.8 Å². The van der Waals surface area contributed by atoms with Gasteiger partial charge in [-0.15, -0.1) is 23.1 Å². The number of benzene rings is 1. The van der Waals surface area contributed by atoms with Gasteiger partial charge >= 0.3 is 0 Å². The van der Waals surface area contributed by atoms with Crippen LogP contribution in [0.5, 0.6) is 5.75 Å². The van der Waals surface area contributed by atoms with Gasteiger partial charge in [0.2, 0.25) is 0 Å². The van der Waals surface area contributed by atoms with E-state index in [4.69, 9.17) is 16.3 Å². The molecule has 1 aliphatic heterocycles. The van der Waals surface area contributed by atoms with Crippen LogP contribution in [0.3, 0.4) is 0 Å². The molecule has 0 aliphatic carbocycles. The maximum atomic E-state index is 11.1. The fourth-order valence-electron chi connectivity index (χ4n) is 4.58. The molecule has 1 aromatic carbocycles. The maximum absolute atomic E-state index is 11.1. The Balaban J connectivity index is 1.35. The van der Waals surface area contributed by atoms with Crippen molar-refractivity contribution in [2.45, 2.75) is 36.0 Å². The Morgan fingerprint density at radius 3 is 2.82 bits per heavy atom. The van der Waals surface area contributed by atoms with Gasteiger partial charge in [-0.3, -0.25) is 4.98 Å². The third kappa shape index (κ3) is 6.02. The predicted octanol–water partition coefficient (Wildman–Crippen LogP) is 5.64. The molecule has 1 unspecified atom stereocenters. The van der Waals surface area contributed by atoms with Crippen molar-refractivity contribution in [1.29, 1.82) is 0 Å². The van der Waals surface area contributed by atoms with Crippen LogP contribution in [-0.2, 0) is 0 Å². The highest BCUT2D eigenvalue weighted by atomic mass is 35.5. The smallest absolute Gasteiger partial charge is 0.119 e. The minimum absolute atomic E-state index is 0.147. The summed E-state index contributed by atoms with van der Waals surface area (Å²) in [5, 5.41) is 24.8. The van der Waals surface area contributed by atoms with Crippen LogP contribution in [0.2, 0.25) is 5.02 Å². The molecule has 33 heavy (non-hydrogen) atoms. The third-order valence-electron chi connectivity index (χ3n) is 6.75. The second-order valence-corrected chi connectivity index (χ2v) is 11.5. The highest BCUT2D eigenvalue weighted by Gasteiger charge is 2.34. The van der Waals surface area contributed by atoms with E-state index in [9.17, 15) is 10.2 Å². The van der Waals surface area contributed by atoms with Crippen LogP contribution >= 0.6 is 34.7 Å². The number of nitrogens with zero attached hydrogens (tertiary/aromatic N) is 2. The summed E-state index contributed by atoms with van der Waals surface area (Å²) in [6.07, 6.45) is 4.07. The van der Waals surface area contributed by atoms with Gasteiger partial charge in [-0.1, -0.05) is 17.7 Å². The van der Waals surface area contributed by atoms with Crippen molar-refractivity contribution in [3.05, 3.63) is 52.5 Å². The molecule has 1 atom stereocenters. The molecule has 4 rings (SSSR count). The SMILES string of the molecule is COc1ccc2ncc(Cl)c(C(O)CCC3(CO)CCN(CCSc4cccs4)CC3)c2c1. The van der Waals surface area contributed by atoms with Gasteiger partial charge in [-0.25, -0.2) is 0 Å². The van der Waals surface area contributed by atoms with Crippen molar-refractivity contribution < 1.29 is 14.9 Å². The lowest BCUT2D eigenvalue weighted by molar-refractivity contribution is 0.0254. The molecule has 1 aliphatic rings. The largest absolute Gasteiger partial charge is 0.497 e. The summed E-state index contributed by atoms with van der Waals surface area (Å²) >= 11 is 10.2. The normalized spacial score (nSPS) is 17.3. The Morgan fingerprint density at radius 2 is 2.12 bits per heavy atom. The second kappa shape index (κ2) is 11.4. The molecular formula is C25H31ClN2O3S2. The van der Waals surface area contributed by atoms with Gasteiger partial charge in [0.1, 0.15) is 5.75 Å². The van der Waals surface area contributed by atoms with E-state index in [1.165, 1.54) is 4.21 Å². The molecule has 178 valence electrons. The van der Waals surface area contributed by atoms with Crippen LogP contribution in [0.4, 0.5) is 0 Å². The van der Waals surface area contributed by atoms with Crippen molar-refractivity contribution in [3.8, 4) is 5.75 Å². The van der Waals surface area contributed by atoms with Gasteiger partial charge in [-0.05, 0) is 73.8 Å². The lowest BCUT2D eigenvalue weighted by atomic mass is 9.74. The Hall–Kier alpha value is -1.35. The third-order valence-corrected chi connectivity index (χ3v) is 9.16. The fourth-order valence-corrected chi connectivity index (χ4v) is 6.72. The number of hydrogen-bond donors (Lipinski definition) is 2. The first-order chi connectivity index (χ1) is 16.0. The van der Waals surface area contributed by atoms with Gasteiger partial charge in [0.25, 0.3) is 0 Å². The number of pyridine rings is 1. The number of thioether (sulfide) groups is 1. The number of fused-ring (bicyclic) bond motifs is 1. The zero-order valence-electron chi connectivity index (χ0n) is 18.9. The lowest BCUT2D eigenvalue weighted by Crippen LogP contribution is -2.43. The van der Waals surface area contributed by atoms with Crippen LogP contribution in [-0.4, -0.2) is 59.2 Å². The summed E-state index contributed by atoms with van der Waals surface area (Å²) in [4.78, 5) is 6.87. The molecule has 1 fully saturated rings. The van der Waals surface area contributed by atoms with Gasteiger partial charge in [0.05, 0.1) is 28.0 Å². The number of rotatable bonds is 10. The van der Waals surface area contributed by atoms with Crippen molar-refractivity contribution in [1.82, 2.24) is 9.88 Å². The van der Waals surface area contributed by atoms with Crippen LogP contribution in [0.15, 0.2) is 46.1 Å². The minimum atomic E-state index is -0.723. The molecule has 2 aromatic heterocycles. The Labute approximate surface area is 208 Å². The molecule has 8 heteroatoms. The predicted molar refractivity (Wildman–Crippen MR) is 138 cm³/mol. The summed E-state index contributed by atoms with van der Waals surface area (Å²) in [5.41, 5.74) is 1.32. The Bertz CT molecular complexity index is 1040. The number of aliphatic hydroxyl groups is 2. The van der Waals surface area contributed by atoms with Gasteiger partial charge in [0.15, 0.2) is 0 Å². The minimum Gasteiger partial charge on any atom is -0.497 e. The molecule has 0 spiro atoms. The average molecular weight is 507 g/mol.